The molecular weight excluding hydrogens is 227 g/mol. The Bertz CT molecular complexity index is 417. The topological polar surface area (TPSA) is 63.6 Å². The summed E-state index contributed by atoms with van der Waals surface area (Å²) in [6.07, 6.45) is -1.97. The molecule has 0 spiro atoms. The van der Waals surface area contributed by atoms with Gasteiger partial charge in [-0.15, -0.1) is 0 Å². The number of hydrogen-bond donors (Lipinski definition) is 1. The number of esters is 1. The minimum absolute atomic E-state index is 0.0470. The van der Waals surface area contributed by atoms with Crippen molar-refractivity contribution < 1.29 is 23.8 Å². The lowest BCUT2D eigenvalue weighted by Gasteiger charge is -2.10. The van der Waals surface area contributed by atoms with E-state index in [0.717, 1.165) is 0 Å². The van der Waals surface area contributed by atoms with E-state index in [1.54, 1.807) is 6.07 Å². The second-order valence-corrected chi connectivity index (χ2v) is 3.53. The Hall–Kier alpha value is -1.75. The highest BCUT2D eigenvalue weighted by atomic mass is 19.1. The van der Waals surface area contributed by atoms with Crippen molar-refractivity contribution in [2.75, 3.05) is 7.11 Å². The summed E-state index contributed by atoms with van der Waals surface area (Å²) < 4.78 is 17.6. The fourth-order valence-corrected chi connectivity index (χ4v) is 1.38. The zero-order valence-corrected chi connectivity index (χ0v) is 9.35. The smallest absolute Gasteiger partial charge is 0.313 e. The number of aliphatic hydroxyl groups excluding tert-OH is 1. The molecule has 1 aromatic carbocycles. The summed E-state index contributed by atoms with van der Waals surface area (Å²) >= 11 is 0. The Morgan fingerprint density at radius 3 is 2.65 bits per heavy atom. The summed E-state index contributed by atoms with van der Waals surface area (Å²) in [6.45, 7) is 0. The maximum atomic E-state index is 13.3. The molecule has 92 valence electrons. The molecule has 0 fully saturated rings. The predicted molar refractivity (Wildman–Crippen MR) is 57.6 cm³/mol. The van der Waals surface area contributed by atoms with Crippen LogP contribution in [-0.4, -0.2) is 24.0 Å². The van der Waals surface area contributed by atoms with Crippen molar-refractivity contribution >= 4 is 11.8 Å². The van der Waals surface area contributed by atoms with Gasteiger partial charge in [-0.05, 0) is 6.07 Å². The van der Waals surface area contributed by atoms with E-state index in [-0.39, 0.29) is 12.0 Å². The van der Waals surface area contributed by atoms with Gasteiger partial charge in [0.15, 0.2) is 0 Å². The third-order valence-corrected chi connectivity index (χ3v) is 2.25. The highest BCUT2D eigenvalue weighted by molar-refractivity contribution is 5.95. The van der Waals surface area contributed by atoms with E-state index in [9.17, 15) is 19.1 Å². The fourth-order valence-electron chi connectivity index (χ4n) is 1.38. The molecule has 0 amide bonds. The van der Waals surface area contributed by atoms with Crippen molar-refractivity contribution in [1.82, 2.24) is 0 Å². The van der Waals surface area contributed by atoms with Gasteiger partial charge in [-0.25, -0.2) is 4.39 Å². The molecule has 1 N–H and O–H groups in total. The number of ether oxygens (including phenoxy) is 1. The Morgan fingerprint density at radius 1 is 1.41 bits per heavy atom. The lowest BCUT2D eigenvalue weighted by atomic mass is 10.0. The number of Topliss-reactive ketones (excluding diaryl/α,β-unsaturated/α-hetero) is 1. The van der Waals surface area contributed by atoms with Crippen molar-refractivity contribution in [2.24, 2.45) is 0 Å². The monoisotopic (exact) mass is 240 g/mol. The van der Waals surface area contributed by atoms with Crippen LogP contribution < -0.4 is 0 Å². The Labute approximate surface area is 98.0 Å². The van der Waals surface area contributed by atoms with E-state index in [1.165, 1.54) is 25.3 Å². The molecule has 0 saturated heterocycles. The summed E-state index contributed by atoms with van der Waals surface area (Å²) in [5, 5.41) is 9.64. The van der Waals surface area contributed by atoms with Gasteiger partial charge in [0.2, 0.25) is 0 Å². The molecule has 1 unspecified atom stereocenters. The first-order valence-electron chi connectivity index (χ1n) is 5.05. The van der Waals surface area contributed by atoms with Gasteiger partial charge in [0.1, 0.15) is 18.0 Å². The van der Waals surface area contributed by atoms with Crippen LogP contribution in [0, 0.1) is 5.82 Å². The summed E-state index contributed by atoms with van der Waals surface area (Å²) in [4.78, 5) is 22.1. The number of ketones is 1. The van der Waals surface area contributed by atoms with Crippen molar-refractivity contribution in [1.29, 1.82) is 0 Å². The minimum atomic E-state index is -1.24. The van der Waals surface area contributed by atoms with E-state index in [2.05, 4.69) is 4.74 Å². The van der Waals surface area contributed by atoms with Gasteiger partial charge in [-0.3, -0.25) is 9.59 Å². The number of carbonyl (C=O) groups excluding carboxylic acids is 2. The lowest BCUT2D eigenvalue weighted by Crippen LogP contribution is -2.13. The van der Waals surface area contributed by atoms with Crippen LogP contribution in [0.5, 0.6) is 0 Å². The standard InChI is InChI=1S/C12H13FO4/c1-17-12(16)7-8(14)6-11(15)9-4-2-3-5-10(9)13/h2-5,11,15H,6-7H2,1H3. The van der Waals surface area contributed by atoms with Crippen LogP contribution in [0.3, 0.4) is 0 Å². The number of rotatable bonds is 5. The number of aliphatic hydroxyl groups is 1. The van der Waals surface area contributed by atoms with E-state index in [0.29, 0.717) is 0 Å². The number of hydrogen-bond acceptors (Lipinski definition) is 4. The summed E-state index contributed by atoms with van der Waals surface area (Å²) in [7, 11) is 1.17. The van der Waals surface area contributed by atoms with Crippen LogP contribution in [-0.2, 0) is 14.3 Å². The normalized spacial score (nSPS) is 11.9. The zero-order chi connectivity index (χ0) is 12.8. The largest absolute Gasteiger partial charge is 0.469 e. The molecule has 0 aliphatic rings. The lowest BCUT2D eigenvalue weighted by molar-refractivity contribution is -0.143. The molecule has 0 saturated carbocycles. The molecule has 1 aromatic rings. The molecule has 0 bridgehead atoms. The van der Waals surface area contributed by atoms with Gasteiger partial charge in [0, 0.05) is 12.0 Å². The first kappa shape index (κ1) is 13.3. The van der Waals surface area contributed by atoms with Gasteiger partial charge in [-0.1, -0.05) is 18.2 Å². The minimum Gasteiger partial charge on any atom is -0.469 e. The van der Waals surface area contributed by atoms with Crippen molar-refractivity contribution in [3.63, 3.8) is 0 Å². The summed E-state index contributed by atoms with van der Waals surface area (Å²) in [5.41, 5.74) is 0.0470. The average molecular weight is 240 g/mol. The molecule has 0 radical (unpaired) electrons. The molecule has 0 aromatic heterocycles. The van der Waals surface area contributed by atoms with E-state index in [1.807, 2.05) is 0 Å². The van der Waals surface area contributed by atoms with Crippen LogP contribution in [0.2, 0.25) is 0 Å². The molecule has 0 aliphatic heterocycles. The highest BCUT2D eigenvalue weighted by Crippen LogP contribution is 2.20. The SMILES string of the molecule is COC(=O)CC(=O)CC(O)c1ccccc1F. The maximum Gasteiger partial charge on any atom is 0.313 e. The Kier molecular flexibility index (Phi) is 4.78. The van der Waals surface area contributed by atoms with Gasteiger partial charge in [0.25, 0.3) is 0 Å². The Morgan fingerprint density at radius 2 is 2.06 bits per heavy atom. The van der Waals surface area contributed by atoms with Crippen molar-refractivity contribution in [3.05, 3.63) is 35.6 Å². The predicted octanol–water partition coefficient (Wildman–Crippen LogP) is 1.38. The number of halogens is 1. The summed E-state index contributed by atoms with van der Waals surface area (Å²) in [6, 6.07) is 5.64. The van der Waals surface area contributed by atoms with Gasteiger partial charge < -0.3 is 9.84 Å². The van der Waals surface area contributed by atoms with E-state index < -0.39 is 30.1 Å². The van der Waals surface area contributed by atoms with Crippen LogP contribution >= 0.6 is 0 Å². The van der Waals surface area contributed by atoms with Crippen molar-refractivity contribution in [2.45, 2.75) is 18.9 Å². The number of benzene rings is 1. The molecule has 17 heavy (non-hydrogen) atoms. The first-order chi connectivity index (χ1) is 8.04. The van der Waals surface area contributed by atoms with E-state index >= 15 is 0 Å². The highest BCUT2D eigenvalue weighted by Gasteiger charge is 2.18. The van der Waals surface area contributed by atoms with Crippen LogP contribution in [0.15, 0.2) is 24.3 Å². The number of carbonyl (C=O) groups is 2. The average Bonchev–Trinajstić information content (AvgIpc) is 2.29. The third kappa shape index (κ3) is 3.96. The molecule has 1 rings (SSSR count). The molecule has 1 atom stereocenters. The molecule has 5 heteroatoms. The van der Waals surface area contributed by atoms with Crippen LogP contribution in [0.1, 0.15) is 24.5 Å². The zero-order valence-electron chi connectivity index (χ0n) is 9.35. The van der Waals surface area contributed by atoms with Crippen molar-refractivity contribution in [3.8, 4) is 0 Å². The third-order valence-electron chi connectivity index (χ3n) is 2.25. The van der Waals surface area contributed by atoms with Crippen LogP contribution in [0.4, 0.5) is 4.39 Å². The fraction of sp³-hybridized carbons (Fsp3) is 0.333. The molecule has 4 nitrogen and oxygen atoms in total. The van der Waals surface area contributed by atoms with Gasteiger partial charge >= 0.3 is 5.97 Å². The first-order valence-corrected chi connectivity index (χ1v) is 5.05. The number of methoxy groups -OCH3 is 1. The quantitative estimate of drug-likeness (QED) is 0.624. The second kappa shape index (κ2) is 6.10. The van der Waals surface area contributed by atoms with Crippen LogP contribution in [0.25, 0.3) is 0 Å². The summed E-state index contributed by atoms with van der Waals surface area (Å²) in [5.74, 6) is -1.74. The maximum absolute atomic E-state index is 13.3. The second-order valence-electron chi connectivity index (χ2n) is 3.53. The molecule has 0 heterocycles. The van der Waals surface area contributed by atoms with Gasteiger partial charge in [-0.2, -0.15) is 0 Å². The van der Waals surface area contributed by atoms with Gasteiger partial charge in [0.05, 0.1) is 13.2 Å². The molecular formula is C12H13FO4. The van der Waals surface area contributed by atoms with E-state index in [4.69, 9.17) is 0 Å². The Balaban J connectivity index is 2.61. The molecule has 0 aliphatic carbocycles.